The largest absolute Gasteiger partial charge is 0.494 e. The fourth-order valence-corrected chi connectivity index (χ4v) is 6.30. The van der Waals surface area contributed by atoms with Gasteiger partial charge in [0.15, 0.2) is 5.76 Å². The van der Waals surface area contributed by atoms with Crippen molar-refractivity contribution in [3.63, 3.8) is 0 Å². The average Bonchev–Trinajstić information content (AvgIpc) is 3.64. The van der Waals surface area contributed by atoms with Crippen LogP contribution in [-0.4, -0.2) is 82.9 Å². The highest BCUT2D eigenvalue weighted by Gasteiger charge is 2.39. The molecule has 3 heterocycles. The molecule has 45 heavy (non-hydrogen) atoms. The van der Waals surface area contributed by atoms with Crippen LogP contribution in [0.25, 0.3) is 17.3 Å². The van der Waals surface area contributed by atoms with E-state index in [2.05, 4.69) is 14.9 Å². The van der Waals surface area contributed by atoms with Gasteiger partial charge in [0.1, 0.15) is 34.8 Å². The van der Waals surface area contributed by atoms with Crippen molar-refractivity contribution >= 4 is 27.8 Å². The number of likely N-dealkylation sites (tertiary alicyclic amines) is 1. The van der Waals surface area contributed by atoms with E-state index in [1.807, 2.05) is 0 Å². The van der Waals surface area contributed by atoms with Crippen LogP contribution in [0.5, 0.6) is 11.5 Å². The van der Waals surface area contributed by atoms with Crippen molar-refractivity contribution in [3.8, 4) is 28.8 Å². The van der Waals surface area contributed by atoms with E-state index in [0.717, 1.165) is 4.90 Å². The molecule has 0 radical (unpaired) electrons. The Labute approximate surface area is 257 Å². The van der Waals surface area contributed by atoms with Gasteiger partial charge in [-0.15, -0.1) is 10.2 Å². The molecule has 2 unspecified atom stereocenters. The molecule has 1 fully saturated rings. The van der Waals surface area contributed by atoms with E-state index >= 15 is 0 Å². The summed E-state index contributed by atoms with van der Waals surface area (Å²) in [5.74, 6) is 1.49. The molecule has 4 aromatic rings. The van der Waals surface area contributed by atoms with Crippen molar-refractivity contribution in [3.05, 3.63) is 76.0 Å². The third-order valence-corrected chi connectivity index (χ3v) is 8.77. The minimum atomic E-state index is -4.31. The Morgan fingerprint density at radius 2 is 1.78 bits per heavy atom. The molecular formula is C28H30N6O10S. The molecule has 2 aromatic heterocycles. The second kappa shape index (κ2) is 12.8. The van der Waals surface area contributed by atoms with Crippen molar-refractivity contribution in [2.45, 2.75) is 31.3 Å². The predicted molar refractivity (Wildman–Crippen MR) is 159 cm³/mol. The van der Waals surface area contributed by atoms with Gasteiger partial charge in [0.05, 0.1) is 31.8 Å². The number of methoxy groups -OCH3 is 2. The summed E-state index contributed by atoms with van der Waals surface area (Å²) in [6.45, 7) is 1.09. The molecule has 5 rings (SSSR count). The third-order valence-electron chi connectivity index (χ3n) is 7.08. The summed E-state index contributed by atoms with van der Waals surface area (Å²) in [4.78, 5) is 24.3. The summed E-state index contributed by atoms with van der Waals surface area (Å²) in [5, 5.41) is 28.4. The number of sulfonamides is 1. The molecule has 2 N–H and O–H groups in total. The molecule has 1 aliphatic rings. The second-order valence-electron chi connectivity index (χ2n) is 10.1. The number of rotatable bonds is 10. The zero-order valence-electron chi connectivity index (χ0n) is 24.4. The number of furan rings is 1. The smallest absolute Gasteiger partial charge is 0.410 e. The Morgan fingerprint density at radius 1 is 1.09 bits per heavy atom. The number of anilines is 1. The Morgan fingerprint density at radius 3 is 2.38 bits per heavy atom. The Balaban J connectivity index is 1.40. The zero-order chi connectivity index (χ0) is 32.3. The Bertz CT molecular complexity index is 1780. The number of nitro groups is 1. The van der Waals surface area contributed by atoms with Crippen LogP contribution < -0.4 is 14.2 Å². The van der Waals surface area contributed by atoms with Gasteiger partial charge < -0.3 is 28.6 Å². The van der Waals surface area contributed by atoms with E-state index in [0.29, 0.717) is 34.3 Å². The highest BCUT2D eigenvalue weighted by atomic mass is 32.2. The van der Waals surface area contributed by atoms with Crippen molar-refractivity contribution in [1.29, 1.82) is 0 Å². The SMILES string of the molecule is COc1cccc(OC)c1-n1c(NS(=O)(=O)C2CC(O)CN(C(=O)OCc3ccc([N+](=O)[O-])cc3)C2)nnc1-c1ccc(C)o1. The average molecular weight is 643 g/mol. The monoisotopic (exact) mass is 642 g/mol. The molecule has 0 aliphatic carbocycles. The number of hydrogen-bond acceptors (Lipinski definition) is 12. The number of ether oxygens (including phenoxy) is 3. The molecule has 0 bridgehead atoms. The number of hydrogen-bond donors (Lipinski definition) is 2. The summed E-state index contributed by atoms with van der Waals surface area (Å²) < 4.78 is 53.5. The lowest BCUT2D eigenvalue weighted by Gasteiger charge is -2.34. The maximum atomic E-state index is 13.8. The van der Waals surface area contributed by atoms with Crippen molar-refractivity contribution in [2.75, 3.05) is 32.0 Å². The van der Waals surface area contributed by atoms with Gasteiger partial charge >= 0.3 is 6.09 Å². The normalized spacial score (nSPS) is 16.7. The van der Waals surface area contributed by atoms with Crippen molar-refractivity contribution in [1.82, 2.24) is 19.7 Å². The van der Waals surface area contributed by atoms with Gasteiger partial charge in [-0.1, -0.05) is 6.07 Å². The first-order chi connectivity index (χ1) is 21.5. The van der Waals surface area contributed by atoms with Crippen LogP contribution in [0.2, 0.25) is 0 Å². The van der Waals surface area contributed by atoms with Crippen molar-refractivity contribution in [2.24, 2.45) is 0 Å². The van der Waals surface area contributed by atoms with E-state index in [9.17, 15) is 28.4 Å². The number of aryl methyl sites for hydroxylation is 1. The molecule has 2 aromatic carbocycles. The molecule has 1 amide bonds. The minimum absolute atomic E-state index is 0.115. The van der Waals surface area contributed by atoms with Crippen LogP contribution in [-0.2, 0) is 21.4 Å². The first-order valence-electron chi connectivity index (χ1n) is 13.6. The fourth-order valence-electron chi connectivity index (χ4n) is 4.89. The van der Waals surface area contributed by atoms with Crippen LogP contribution in [0.4, 0.5) is 16.4 Å². The van der Waals surface area contributed by atoms with Gasteiger partial charge in [-0.05, 0) is 55.3 Å². The van der Waals surface area contributed by atoms with Gasteiger partial charge in [0.25, 0.3) is 5.69 Å². The lowest BCUT2D eigenvalue weighted by molar-refractivity contribution is -0.384. The maximum Gasteiger partial charge on any atom is 0.410 e. The Hall–Kier alpha value is -5.16. The summed E-state index contributed by atoms with van der Waals surface area (Å²) in [7, 11) is -1.42. The lowest BCUT2D eigenvalue weighted by atomic mass is 10.1. The number of nitro benzene ring substituents is 1. The maximum absolute atomic E-state index is 13.8. The molecule has 0 spiro atoms. The number of carbonyl (C=O) groups excluding carboxylic acids is 1. The van der Waals surface area contributed by atoms with Gasteiger partial charge in [0.2, 0.25) is 21.8 Å². The van der Waals surface area contributed by atoms with Gasteiger partial charge in [-0.2, -0.15) is 0 Å². The number of piperidine rings is 1. The number of β-amino-alcohol motifs (C(OH)–C–C–N with tert-alkyl or cyclic N) is 1. The second-order valence-corrected chi connectivity index (χ2v) is 12.1. The first kappa shape index (κ1) is 31.3. The fraction of sp³-hybridized carbons (Fsp3) is 0.321. The lowest BCUT2D eigenvalue weighted by Crippen LogP contribution is -2.52. The number of aromatic nitrogens is 3. The molecular weight excluding hydrogens is 612 g/mol. The zero-order valence-corrected chi connectivity index (χ0v) is 25.3. The Kier molecular flexibility index (Phi) is 8.92. The van der Waals surface area contributed by atoms with Crippen LogP contribution in [0.1, 0.15) is 17.7 Å². The summed E-state index contributed by atoms with van der Waals surface area (Å²) in [6.07, 6.45) is -2.19. The van der Waals surface area contributed by atoms with E-state index in [1.165, 1.54) is 43.1 Å². The summed E-state index contributed by atoms with van der Waals surface area (Å²) in [6, 6.07) is 13.8. The van der Waals surface area contributed by atoms with Gasteiger partial charge in [-0.3, -0.25) is 19.4 Å². The molecule has 16 nitrogen and oxygen atoms in total. The van der Waals surface area contributed by atoms with Crippen molar-refractivity contribution < 1.29 is 41.9 Å². The predicted octanol–water partition coefficient (Wildman–Crippen LogP) is 3.27. The third kappa shape index (κ3) is 6.68. The minimum Gasteiger partial charge on any atom is -0.494 e. The number of carbonyl (C=O) groups is 1. The number of nitrogens with one attached hydrogen (secondary N) is 1. The summed E-state index contributed by atoms with van der Waals surface area (Å²) in [5.41, 5.74) is 0.677. The molecule has 2 atom stereocenters. The van der Waals surface area contributed by atoms with E-state index in [-0.39, 0.29) is 43.6 Å². The number of aliphatic hydroxyl groups excluding tert-OH is 1. The van der Waals surface area contributed by atoms with Gasteiger partial charge in [-0.25, -0.2) is 13.2 Å². The molecule has 0 saturated carbocycles. The quantitative estimate of drug-likeness (QED) is 0.189. The number of nitrogens with zero attached hydrogens (tertiary/aromatic N) is 5. The number of non-ortho nitro benzene ring substituents is 1. The first-order valence-corrected chi connectivity index (χ1v) is 15.1. The molecule has 17 heteroatoms. The molecule has 1 saturated heterocycles. The van der Waals surface area contributed by atoms with Gasteiger partial charge in [0, 0.05) is 18.7 Å². The number of benzene rings is 2. The number of para-hydroxylation sites is 1. The highest BCUT2D eigenvalue weighted by Crippen LogP contribution is 2.38. The van der Waals surface area contributed by atoms with E-state index < -0.39 is 32.4 Å². The standard InChI is InChI=1S/C28H30N6O10S/c1-17-7-12-24(44-17)26-29-30-27(33(26)25-22(41-2)5-4-6-23(25)42-3)31-45(39,40)21-13-20(35)14-32(15-21)28(36)43-16-18-8-10-19(11-9-18)34(37)38/h4-12,20-21,35H,13-16H2,1-3H3,(H,30,31). The van der Waals surface area contributed by atoms with Crippen LogP contribution >= 0.6 is 0 Å². The number of amides is 1. The van der Waals surface area contributed by atoms with E-state index in [1.54, 1.807) is 37.3 Å². The highest BCUT2D eigenvalue weighted by molar-refractivity contribution is 7.93. The van der Waals surface area contributed by atoms with Crippen LogP contribution in [0, 0.1) is 17.0 Å². The molecule has 238 valence electrons. The number of aliphatic hydroxyl groups is 1. The molecule has 1 aliphatic heterocycles. The van der Waals surface area contributed by atoms with E-state index in [4.69, 9.17) is 18.6 Å². The summed E-state index contributed by atoms with van der Waals surface area (Å²) >= 11 is 0. The topological polar surface area (TPSA) is 201 Å². The van der Waals surface area contributed by atoms with Crippen LogP contribution in [0.15, 0.2) is 59.0 Å². The van der Waals surface area contributed by atoms with Crippen LogP contribution in [0.3, 0.4) is 0 Å².